The molecule has 1 aromatic rings. The van der Waals surface area contributed by atoms with E-state index in [0.717, 1.165) is 31.5 Å². The van der Waals surface area contributed by atoms with Crippen LogP contribution in [0.15, 0.2) is 24.4 Å². The number of aliphatic hydroxyl groups is 1. The van der Waals surface area contributed by atoms with Gasteiger partial charge >= 0.3 is 6.09 Å². The number of amides is 2. The summed E-state index contributed by atoms with van der Waals surface area (Å²) < 4.78 is 0. The van der Waals surface area contributed by atoms with E-state index >= 15 is 0 Å². The first-order chi connectivity index (χ1) is 13.4. The van der Waals surface area contributed by atoms with Crippen LogP contribution in [0.2, 0.25) is 0 Å². The molecule has 1 spiro atoms. The molecule has 1 aromatic heterocycles. The second-order valence-electron chi connectivity index (χ2n) is 8.40. The molecule has 2 N–H and O–H groups in total. The van der Waals surface area contributed by atoms with Crippen molar-refractivity contribution in [2.45, 2.75) is 37.7 Å². The first kappa shape index (κ1) is 19.0. The zero-order valence-corrected chi connectivity index (χ0v) is 16.1. The van der Waals surface area contributed by atoms with Gasteiger partial charge in [0.05, 0.1) is 18.7 Å². The lowest BCUT2D eigenvalue weighted by Gasteiger charge is -2.53. The highest BCUT2D eigenvalue weighted by molar-refractivity contribution is 5.82. The van der Waals surface area contributed by atoms with Crippen LogP contribution < -0.4 is 4.90 Å². The average Bonchev–Trinajstić information content (AvgIpc) is 3.16. The van der Waals surface area contributed by atoms with E-state index in [1.54, 1.807) is 11.1 Å². The minimum absolute atomic E-state index is 0.0147. The molecule has 1 aliphatic carbocycles. The number of likely N-dealkylation sites (tertiary alicyclic amines) is 1. The van der Waals surface area contributed by atoms with E-state index in [-0.39, 0.29) is 19.0 Å². The summed E-state index contributed by atoms with van der Waals surface area (Å²) in [5.74, 6) is 0.774. The largest absolute Gasteiger partial charge is 0.465 e. The summed E-state index contributed by atoms with van der Waals surface area (Å²) in [7, 11) is 0. The first-order valence-electron chi connectivity index (χ1n) is 10.1. The molecule has 1 atom stereocenters. The zero-order valence-electron chi connectivity index (χ0n) is 16.1. The molecule has 1 saturated carbocycles. The normalized spacial score (nSPS) is 27.5. The number of rotatable bonds is 3. The molecule has 4 rings (SSSR count). The van der Waals surface area contributed by atoms with E-state index < -0.39 is 17.1 Å². The number of hydrogen-bond acceptors (Lipinski definition) is 5. The van der Waals surface area contributed by atoms with Crippen LogP contribution in [0.4, 0.5) is 10.6 Å². The van der Waals surface area contributed by atoms with Crippen molar-refractivity contribution in [2.75, 3.05) is 44.2 Å². The third-order valence-electron chi connectivity index (χ3n) is 6.85. The number of nitrogens with zero attached hydrogens (tertiary/aromatic N) is 4. The quantitative estimate of drug-likeness (QED) is 0.813. The van der Waals surface area contributed by atoms with Gasteiger partial charge in [0.1, 0.15) is 5.82 Å². The summed E-state index contributed by atoms with van der Waals surface area (Å²) >= 11 is 0. The van der Waals surface area contributed by atoms with Crippen LogP contribution in [-0.4, -0.2) is 81.9 Å². The van der Waals surface area contributed by atoms with Crippen LogP contribution in [-0.2, 0) is 4.79 Å². The number of hydrogen-bond donors (Lipinski definition) is 2. The van der Waals surface area contributed by atoms with Crippen molar-refractivity contribution in [3.05, 3.63) is 24.4 Å². The van der Waals surface area contributed by atoms with Crippen LogP contribution in [0.1, 0.15) is 32.1 Å². The highest BCUT2D eigenvalue weighted by Crippen LogP contribution is 2.51. The molecule has 8 nitrogen and oxygen atoms in total. The van der Waals surface area contributed by atoms with Crippen molar-refractivity contribution in [1.29, 1.82) is 0 Å². The maximum Gasteiger partial charge on any atom is 0.407 e. The molecule has 2 saturated heterocycles. The Hall–Kier alpha value is -2.35. The SMILES string of the molecule is O=C(O)N1CCC(O)(CN2CCN(c3ccccn3)CC2=O)C2(CCCC2)C1. The Labute approximate surface area is 164 Å². The predicted octanol–water partition coefficient (Wildman–Crippen LogP) is 1.41. The molecule has 3 aliphatic rings. The minimum Gasteiger partial charge on any atom is -0.465 e. The number of carbonyl (C=O) groups excluding carboxylic acids is 1. The summed E-state index contributed by atoms with van der Waals surface area (Å²) in [4.78, 5) is 33.8. The average molecular weight is 388 g/mol. The number of anilines is 1. The molecular weight excluding hydrogens is 360 g/mol. The fraction of sp³-hybridized carbons (Fsp3) is 0.650. The Morgan fingerprint density at radius 3 is 2.57 bits per heavy atom. The van der Waals surface area contributed by atoms with E-state index in [1.807, 2.05) is 23.1 Å². The molecule has 0 bridgehead atoms. The van der Waals surface area contributed by atoms with Gasteiger partial charge in [-0.1, -0.05) is 18.9 Å². The minimum atomic E-state index is -1.03. The predicted molar refractivity (Wildman–Crippen MR) is 103 cm³/mol. The first-order valence-corrected chi connectivity index (χ1v) is 10.1. The summed E-state index contributed by atoms with van der Waals surface area (Å²) in [6, 6.07) is 5.65. The van der Waals surface area contributed by atoms with Crippen molar-refractivity contribution in [3.63, 3.8) is 0 Å². The second-order valence-corrected chi connectivity index (χ2v) is 8.40. The van der Waals surface area contributed by atoms with Gasteiger partial charge in [-0.3, -0.25) is 4.79 Å². The van der Waals surface area contributed by atoms with Crippen molar-refractivity contribution < 1.29 is 19.8 Å². The van der Waals surface area contributed by atoms with E-state index in [0.29, 0.717) is 32.6 Å². The highest BCUT2D eigenvalue weighted by Gasteiger charge is 2.56. The number of piperidine rings is 1. The van der Waals surface area contributed by atoms with Gasteiger partial charge in [-0.25, -0.2) is 9.78 Å². The summed E-state index contributed by atoms with van der Waals surface area (Å²) in [5.41, 5.74) is -1.47. The van der Waals surface area contributed by atoms with E-state index in [1.165, 1.54) is 4.90 Å². The Balaban J connectivity index is 1.47. The molecule has 152 valence electrons. The van der Waals surface area contributed by atoms with Crippen LogP contribution in [0.3, 0.4) is 0 Å². The Kier molecular flexibility index (Phi) is 4.91. The van der Waals surface area contributed by atoms with Crippen molar-refractivity contribution >= 4 is 17.8 Å². The van der Waals surface area contributed by atoms with E-state index in [4.69, 9.17) is 0 Å². The van der Waals surface area contributed by atoms with Crippen molar-refractivity contribution in [1.82, 2.24) is 14.8 Å². The Morgan fingerprint density at radius 1 is 1.14 bits per heavy atom. The molecule has 2 aliphatic heterocycles. The smallest absolute Gasteiger partial charge is 0.407 e. The second kappa shape index (κ2) is 7.24. The molecule has 1 unspecified atom stereocenters. The lowest BCUT2D eigenvalue weighted by molar-refractivity contribution is -0.156. The Bertz CT molecular complexity index is 737. The van der Waals surface area contributed by atoms with Gasteiger partial charge in [0.15, 0.2) is 0 Å². The number of aromatic nitrogens is 1. The molecule has 0 aromatic carbocycles. The van der Waals surface area contributed by atoms with Gasteiger partial charge in [0, 0.05) is 37.8 Å². The summed E-state index contributed by atoms with van der Waals surface area (Å²) in [5, 5.41) is 21.1. The third kappa shape index (κ3) is 3.30. The molecular formula is C20H28N4O4. The molecule has 2 amide bonds. The maximum atomic E-state index is 12.8. The molecule has 3 heterocycles. The third-order valence-corrected chi connectivity index (χ3v) is 6.85. The number of carboxylic acid groups (broad SMARTS) is 1. The monoisotopic (exact) mass is 388 g/mol. The number of β-amino-alcohol motifs (C(OH)–C–C–N with tert-alkyl or cyclic N) is 1. The molecule has 8 heteroatoms. The molecule has 3 fully saturated rings. The van der Waals surface area contributed by atoms with Crippen LogP contribution >= 0.6 is 0 Å². The van der Waals surface area contributed by atoms with E-state index in [9.17, 15) is 19.8 Å². The Morgan fingerprint density at radius 2 is 1.93 bits per heavy atom. The van der Waals surface area contributed by atoms with Crippen LogP contribution in [0.5, 0.6) is 0 Å². The molecule has 28 heavy (non-hydrogen) atoms. The number of pyridine rings is 1. The number of carbonyl (C=O) groups is 2. The van der Waals surface area contributed by atoms with Crippen LogP contribution in [0, 0.1) is 5.41 Å². The van der Waals surface area contributed by atoms with Gasteiger partial charge in [-0.15, -0.1) is 0 Å². The van der Waals surface area contributed by atoms with Crippen molar-refractivity contribution in [3.8, 4) is 0 Å². The standard InChI is InChI=1S/C20H28N4O4/c25-17-13-22(16-5-1-4-9-21-16)11-12-23(17)15-20(28)8-10-24(18(26)27)14-19(20)6-2-3-7-19/h1,4-5,9,28H,2-3,6-8,10-15H2,(H,26,27). The van der Waals surface area contributed by atoms with Gasteiger partial charge in [-0.2, -0.15) is 0 Å². The van der Waals surface area contributed by atoms with Crippen molar-refractivity contribution in [2.24, 2.45) is 5.41 Å². The lowest BCUT2D eigenvalue weighted by atomic mass is 9.65. The fourth-order valence-corrected chi connectivity index (χ4v) is 5.19. The molecule has 0 radical (unpaired) electrons. The van der Waals surface area contributed by atoms with Crippen LogP contribution in [0.25, 0.3) is 0 Å². The van der Waals surface area contributed by atoms with E-state index in [2.05, 4.69) is 4.98 Å². The highest BCUT2D eigenvalue weighted by atomic mass is 16.4. The summed E-state index contributed by atoms with van der Waals surface area (Å²) in [6.45, 7) is 2.43. The zero-order chi connectivity index (χ0) is 19.8. The van der Waals surface area contributed by atoms with Gasteiger partial charge in [-0.05, 0) is 31.4 Å². The van der Waals surface area contributed by atoms with Gasteiger partial charge in [0.25, 0.3) is 0 Å². The van der Waals surface area contributed by atoms with Gasteiger partial charge < -0.3 is 24.9 Å². The van der Waals surface area contributed by atoms with Gasteiger partial charge in [0.2, 0.25) is 5.91 Å². The summed E-state index contributed by atoms with van der Waals surface area (Å²) in [6.07, 6.45) is 4.80. The lowest BCUT2D eigenvalue weighted by Crippen LogP contribution is -2.65. The maximum absolute atomic E-state index is 12.8. The topological polar surface area (TPSA) is 97.2 Å². The number of piperazine rings is 1. The fourth-order valence-electron chi connectivity index (χ4n) is 5.19.